The summed E-state index contributed by atoms with van der Waals surface area (Å²) in [6.45, 7) is 6.00. The molecule has 3 atom stereocenters. The summed E-state index contributed by atoms with van der Waals surface area (Å²) in [6.07, 6.45) is 9.09. The summed E-state index contributed by atoms with van der Waals surface area (Å²) in [4.78, 5) is 28.2. The van der Waals surface area contributed by atoms with Gasteiger partial charge in [-0.25, -0.2) is 13.6 Å². The normalized spacial score (nSPS) is 17.8. The number of aliphatic carboxylic acids is 1. The predicted molar refractivity (Wildman–Crippen MR) is 198 cm³/mol. The van der Waals surface area contributed by atoms with Gasteiger partial charge in [0, 0.05) is 17.5 Å². The van der Waals surface area contributed by atoms with Crippen LogP contribution in [0.5, 0.6) is 0 Å². The third kappa shape index (κ3) is 10.6. The van der Waals surface area contributed by atoms with Crippen LogP contribution in [0.25, 0.3) is 0 Å². The van der Waals surface area contributed by atoms with Gasteiger partial charge in [-0.15, -0.1) is 0 Å². The second kappa shape index (κ2) is 20.1. The number of benzene rings is 2. The number of carbonyl (C=O) groups is 2. The van der Waals surface area contributed by atoms with Crippen molar-refractivity contribution in [2.75, 3.05) is 11.5 Å². The number of hydrogen-bond donors (Lipinski definition) is 2. The first-order chi connectivity index (χ1) is 23.5. The minimum Gasteiger partial charge on any atom is -0.479 e. The summed E-state index contributed by atoms with van der Waals surface area (Å²) in [5.74, 6) is -2.62. The number of thioether (sulfide) groups is 1. The van der Waals surface area contributed by atoms with Crippen molar-refractivity contribution in [2.24, 2.45) is 11.8 Å². The van der Waals surface area contributed by atoms with Crippen LogP contribution in [0, 0.1) is 11.8 Å². The Labute approximate surface area is 300 Å². The number of carboxylic acids is 1. The van der Waals surface area contributed by atoms with E-state index in [0.29, 0.717) is 6.42 Å². The number of thiocarbonyl (C=S) groups is 1. The number of unbranched alkanes of at least 4 members (excludes halogenated alkanes) is 8. The molecular weight excluding hydrogens is 665 g/mol. The van der Waals surface area contributed by atoms with Crippen LogP contribution in [-0.2, 0) is 19.9 Å². The molecule has 1 aliphatic heterocycles. The van der Waals surface area contributed by atoms with Crippen molar-refractivity contribution in [3.05, 3.63) is 83.9 Å². The molecule has 0 unspecified atom stereocenters. The lowest BCUT2D eigenvalue weighted by Gasteiger charge is -2.39. The molecule has 3 rings (SSSR count). The molecule has 49 heavy (non-hydrogen) atoms. The molecule has 1 saturated heterocycles. The maximum Gasteiger partial charge on any atom is 0.337 e. The molecule has 0 saturated carbocycles. The van der Waals surface area contributed by atoms with Crippen molar-refractivity contribution in [3.63, 3.8) is 0 Å². The summed E-state index contributed by atoms with van der Waals surface area (Å²) in [6, 6.07) is 17.8. The third-order valence-electron chi connectivity index (χ3n) is 9.16. The van der Waals surface area contributed by atoms with Crippen molar-refractivity contribution in [2.45, 2.75) is 115 Å². The van der Waals surface area contributed by atoms with Crippen LogP contribution in [0.2, 0.25) is 0 Å². The van der Waals surface area contributed by atoms with Crippen molar-refractivity contribution >= 4 is 41.0 Å². The highest BCUT2D eigenvalue weighted by atomic mass is 32.2. The molecule has 6 nitrogen and oxygen atoms in total. The van der Waals surface area contributed by atoms with E-state index in [1.807, 2.05) is 86.3 Å². The van der Waals surface area contributed by atoms with Gasteiger partial charge in [0.15, 0.2) is 11.2 Å². The number of nitrogens with zero attached hydrogens (tertiary/aromatic N) is 1. The van der Waals surface area contributed by atoms with Gasteiger partial charge in [-0.1, -0.05) is 132 Å². The van der Waals surface area contributed by atoms with Gasteiger partial charge in [0.2, 0.25) is 12.3 Å². The first-order valence-electron chi connectivity index (χ1n) is 17.7. The van der Waals surface area contributed by atoms with E-state index in [0.717, 1.165) is 42.6 Å². The number of aliphatic hydroxyl groups is 1. The molecular formula is C39H53F2NO5S2. The molecule has 0 aromatic heterocycles. The number of alkyl halides is 2. The molecule has 1 amide bonds. The first kappa shape index (κ1) is 40.6. The first-order valence-corrected chi connectivity index (χ1v) is 19.2. The summed E-state index contributed by atoms with van der Waals surface area (Å²) >= 11 is 7.67. The molecule has 2 aromatic rings. The summed E-state index contributed by atoms with van der Waals surface area (Å²) < 4.78 is 34.1. The number of carboxylic acid groups (broad SMARTS) is 1. The van der Waals surface area contributed by atoms with E-state index in [-0.39, 0.29) is 11.1 Å². The van der Waals surface area contributed by atoms with Gasteiger partial charge in [0.25, 0.3) is 5.17 Å². The SMILES string of the molecule is CCCCCCCSCCCCCCC=C[C@H](C(=O)N1C(=S)OC(c2ccccc2)(c2ccccc2)[C@@H]1C(C)C)[C@@](O)(CC(F)F)C(=O)O. The van der Waals surface area contributed by atoms with Gasteiger partial charge < -0.3 is 14.9 Å². The largest absolute Gasteiger partial charge is 0.479 e. The van der Waals surface area contributed by atoms with Crippen molar-refractivity contribution in [1.82, 2.24) is 4.90 Å². The van der Waals surface area contributed by atoms with Crippen LogP contribution in [0.4, 0.5) is 8.78 Å². The molecule has 2 N–H and O–H groups in total. The molecule has 0 radical (unpaired) electrons. The topological polar surface area (TPSA) is 87.1 Å². The highest BCUT2D eigenvalue weighted by Crippen LogP contribution is 2.48. The zero-order valence-electron chi connectivity index (χ0n) is 29.1. The van der Waals surface area contributed by atoms with E-state index in [2.05, 4.69) is 6.92 Å². The molecule has 1 heterocycles. The summed E-state index contributed by atoms with van der Waals surface area (Å²) in [5, 5.41) is 21.3. The lowest BCUT2D eigenvalue weighted by molar-refractivity contribution is -0.173. The highest BCUT2D eigenvalue weighted by Gasteiger charge is 2.60. The van der Waals surface area contributed by atoms with Crippen molar-refractivity contribution < 1.29 is 33.3 Å². The van der Waals surface area contributed by atoms with Crippen LogP contribution in [0.15, 0.2) is 72.8 Å². The molecule has 0 bridgehead atoms. The average molecular weight is 718 g/mol. The van der Waals surface area contributed by atoms with Crippen LogP contribution in [0.3, 0.4) is 0 Å². The third-order valence-corrected chi connectivity index (χ3v) is 10.6. The Morgan fingerprint density at radius 3 is 1.96 bits per heavy atom. The molecule has 270 valence electrons. The number of hydrogen-bond acceptors (Lipinski definition) is 6. The fraction of sp³-hybridized carbons (Fsp3) is 0.564. The van der Waals surface area contributed by atoms with Crippen molar-refractivity contribution in [1.29, 1.82) is 0 Å². The Morgan fingerprint density at radius 1 is 0.939 bits per heavy atom. The van der Waals surface area contributed by atoms with E-state index >= 15 is 0 Å². The lowest BCUT2D eigenvalue weighted by atomic mass is 9.75. The number of amides is 1. The van der Waals surface area contributed by atoms with Gasteiger partial charge in [-0.2, -0.15) is 11.8 Å². The molecule has 1 fully saturated rings. The van der Waals surface area contributed by atoms with E-state index < -0.39 is 47.9 Å². The maximum atomic E-state index is 14.6. The number of ether oxygens (including phenoxy) is 1. The minimum absolute atomic E-state index is 0.210. The Morgan fingerprint density at radius 2 is 1.47 bits per heavy atom. The Hall–Kier alpha value is -2.82. The van der Waals surface area contributed by atoms with Gasteiger partial charge in [0.05, 0.1) is 12.0 Å². The summed E-state index contributed by atoms with van der Waals surface area (Å²) in [5.41, 5.74) is -2.90. The smallest absolute Gasteiger partial charge is 0.337 e. The minimum atomic E-state index is -3.17. The van der Waals surface area contributed by atoms with Crippen molar-refractivity contribution in [3.8, 4) is 0 Å². The second-order valence-corrected chi connectivity index (χ2v) is 14.8. The molecule has 1 aliphatic rings. The number of carbonyl (C=O) groups excluding carboxylic acids is 1. The van der Waals surface area contributed by atoms with E-state index in [9.17, 15) is 28.6 Å². The summed E-state index contributed by atoms with van der Waals surface area (Å²) in [7, 11) is 0. The number of allylic oxidation sites excluding steroid dienone is 1. The molecule has 0 spiro atoms. The maximum absolute atomic E-state index is 14.6. The van der Waals surface area contributed by atoms with E-state index in [4.69, 9.17) is 17.0 Å². The monoisotopic (exact) mass is 717 g/mol. The highest BCUT2D eigenvalue weighted by molar-refractivity contribution is 7.99. The van der Waals surface area contributed by atoms with Gasteiger partial charge in [-0.05, 0) is 55.3 Å². The van der Waals surface area contributed by atoms with E-state index in [1.165, 1.54) is 48.8 Å². The zero-order valence-corrected chi connectivity index (χ0v) is 30.7. The lowest BCUT2D eigenvalue weighted by Crippen LogP contribution is -2.57. The predicted octanol–water partition coefficient (Wildman–Crippen LogP) is 9.40. The van der Waals surface area contributed by atoms with Gasteiger partial charge >= 0.3 is 5.97 Å². The fourth-order valence-electron chi connectivity index (χ4n) is 6.67. The van der Waals surface area contributed by atoms with E-state index in [1.54, 1.807) is 6.08 Å². The quantitative estimate of drug-likeness (QED) is 0.0713. The Kier molecular flexibility index (Phi) is 16.7. The standard InChI is InChI=1S/C39H53F2NO5S2/c1-4-5-6-10-19-26-49-27-20-11-8-7-9-18-25-32(38(46,36(44)45)28-33(40)41)35(43)42-34(29(2)3)39(47-37(42)48,30-21-14-12-15-22-30)31-23-16-13-17-24-31/h12-18,21-25,29,32-34,46H,4-11,19-20,26-28H2,1-3H3,(H,44,45)/t32-,34+,38+/m1/s1. The Balaban J connectivity index is 1.82. The molecule has 2 aromatic carbocycles. The van der Waals surface area contributed by atoms with Crippen LogP contribution in [-0.4, -0.2) is 61.7 Å². The number of halogens is 2. The number of rotatable bonds is 22. The van der Waals surface area contributed by atoms with Crippen LogP contribution >= 0.6 is 24.0 Å². The molecule has 10 heteroatoms. The van der Waals surface area contributed by atoms with Crippen LogP contribution < -0.4 is 0 Å². The Bertz CT molecular complexity index is 1300. The zero-order chi connectivity index (χ0) is 35.9. The average Bonchev–Trinajstić information content (AvgIpc) is 3.40. The van der Waals surface area contributed by atoms with Gasteiger partial charge in [-0.3, -0.25) is 9.69 Å². The second-order valence-electron chi connectivity index (χ2n) is 13.2. The van der Waals surface area contributed by atoms with Gasteiger partial charge in [0.1, 0.15) is 0 Å². The van der Waals surface area contributed by atoms with Crippen LogP contribution in [0.1, 0.15) is 103 Å². The molecule has 0 aliphatic carbocycles. The fourth-order valence-corrected chi connectivity index (χ4v) is 8.03.